The van der Waals surface area contributed by atoms with E-state index in [1.54, 1.807) is 19.2 Å². The normalized spacial score (nSPS) is 9.20. The third kappa shape index (κ3) is 5.46. The monoisotopic (exact) mass is 239 g/mol. The van der Waals surface area contributed by atoms with Gasteiger partial charge in [0.15, 0.2) is 5.12 Å². The third-order valence-electron chi connectivity index (χ3n) is 1.49. The molecule has 0 aliphatic rings. The first kappa shape index (κ1) is 12.1. The van der Waals surface area contributed by atoms with Crippen LogP contribution in [-0.4, -0.2) is 15.9 Å². The standard InChI is InChI=1S/C11H10ClNOS/c1-9(14)15-7-3-2-4-10-5-6-11(12)13-8-10/h5-6,8H,3,7H2,1H3. The first-order valence-corrected chi connectivity index (χ1v) is 5.78. The van der Waals surface area contributed by atoms with Gasteiger partial charge in [-0.25, -0.2) is 4.98 Å². The number of halogens is 1. The average Bonchev–Trinajstić information content (AvgIpc) is 2.20. The molecule has 0 amide bonds. The van der Waals surface area contributed by atoms with E-state index in [1.165, 1.54) is 11.8 Å². The summed E-state index contributed by atoms with van der Waals surface area (Å²) in [5, 5.41) is 0.595. The number of nitrogens with zero attached hydrogens (tertiary/aromatic N) is 1. The quantitative estimate of drug-likeness (QED) is 0.452. The van der Waals surface area contributed by atoms with Crippen molar-refractivity contribution in [2.75, 3.05) is 5.75 Å². The van der Waals surface area contributed by atoms with Gasteiger partial charge < -0.3 is 0 Å². The molecule has 0 unspecified atom stereocenters. The largest absolute Gasteiger partial charge is 0.288 e. The van der Waals surface area contributed by atoms with E-state index in [9.17, 15) is 4.79 Å². The second-order valence-electron chi connectivity index (χ2n) is 2.76. The number of pyridine rings is 1. The van der Waals surface area contributed by atoms with E-state index >= 15 is 0 Å². The number of rotatable bonds is 2. The van der Waals surface area contributed by atoms with Crippen LogP contribution in [0.2, 0.25) is 5.15 Å². The molecule has 15 heavy (non-hydrogen) atoms. The highest BCUT2D eigenvalue weighted by Gasteiger charge is 1.91. The molecular weight excluding hydrogens is 230 g/mol. The summed E-state index contributed by atoms with van der Waals surface area (Å²) in [6.45, 7) is 1.56. The molecule has 1 aromatic heterocycles. The molecule has 4 heteroatoms. The van der Waals surface area contributed by atoms with Crippen molar-refractivity contribution in [3.8, 4) is 11.8 Å². The Morgan fingerprint density at radius 2 is 2.40 bits per heavy atom. The number of aromatic nitrogens is 1. The smallest absolute Gasteiger partial charge is 0.185 e. The molecule has 1 rings (SSSR count). The second-order valence-corrected chi connectivity index (χ2v) is 4.42. The van der Waals surface area contributed by atoms with Gasteiger partial charge in [-0.15, -0.1) is 0 Å². The molecule has 0 aromatic carbocycles. The number of thioether (sulfide) groups is 1. The van der Waals surface area contributed by atoms with Crippen LogP contribution in [0.15, 0.2) is 18.3 Å². The lowest BCUT2D eigenvalue weighted by Gasteiger charge is -1.90. The van der Waals surface area contributed by atoms with Gasteiger partial charge in [-0.3, -0.25) is 4.79 Å². The Bertz CT molecular complexity index is 391. The molecule has 0 aliphatic carbocycles. The number of carbonyl (C=O) groups is 1. The van der Waals surface area contributed by atoms with Crippen LogP contribution in [0.3, 0.4) is 0 Å². The Morgan fingerprint density at radius 3 is 3.00 bits per heavy atom. The highest BCUT2D eigenvalue weighted by Crippen LogP contribution is 2.04. The molecule has 1 aromatic rings. The van der Waals surface area contributed by atoms with Crippen LogP contribution in [0.1, 0.15) is 18.9 Å². The zero-order valence-corrected chi connectivity index (χ0v) is 9.86. The number of hydrogen-bond acceptors (Lipinski definition) is 3. The van der Waals surface area contributed by atoms with Crippen LogP contribution in [0, 0.1) is 11.8 Å². The predicted octanol–water partition coefficient (Wildman–Crippen LogP) is 2.76. The Kier molecular flexibility index (Phi) is 5.23. The topological polar surface area (TPSA) is 30.0 Å². The van der Waals surface area contributed by atoms with Crippen LogP contribution >= 0.6 is 23.4 Å². The minimum Gasteiger partial charge on any atom is -0.288 e. The molecule has 0 bridgehead atoms. The fourth-order valence-corrected chi connectivity index (χ4v) is 1.46. The average molecular weight is 240 g/mol. The Hall–Kier alpha value is -0.980. The zero-order valence-electron chi connectivity index (χ0n) is 8.29. The zero-order chi connectivity index (χ0) is 11.1. The molecule has 0 aliphatic heterocycles. The van der Waals surface area contributed by atoms with Crippen molar-refractivity contribution in [1.29, 1.82) is 0 Å². The van der Waals surface area contributed by atoms with Crippen LogP contribution in [0.25, 0.3) is 0 Å². The summed E-state index contributed by atoms with van der Waals surface area (Å²) in [6.07, 6.45) is 2.33. The van der Waals surface area contributed by atoms with Crippen molar-refractivity contribution in [2.45, 2.75) is 13.3 Å². The summed E-state index contributed by atoms with van der Waals surface area (Å²) in [5.74, 6) is 6.66. The van der Waals surface area contributed by atoms with Crippen LogP contribution in [0.4, 0.5) is 0 Å². The molecule has 0 saturated carbocycles. The lowest BCUT2D eigenvalue weighted by Crippen LogP contribution is -1.84. The van der Waals surface area contributed by atoms with Crippen molar-refractivity contribution in [2.24, 2.45) is 0 Å². The molecule has 78 valence electrons. The molecule has 0 N–H and O–H groups in total. The van der Waals surface area contributed by atoms with Crippen LogP contribution < -0.4 is 0 Å². The summed E-state index contributed by atoms with van der Waals surface area (Å²) in [5.41, 5.74) is 0.840. The SMILES string of the molecule is CC(=O)SCCC#Cc1ccc(Cl)nc1. The summed E-state index contributed by atoms with van der Waals surface area (Å²) >= 11 is 6.92. The van der Waals surface area contributed by atoms with E-state index < -0.39 is 0 Å². The fraction of sp³-hybridized carbons (Fsp3) is 0.273. The van der Waals surface area contributed by atoms with Gasteiger partial charge in [-0.05, 0) is 12.1 Å². The maximum Gasteiger partial charge on any atom is 0.185 e. The Balaban J connectivity index is 2.38. The van der Waals surface area contributed by atoms with Crippen molar-refractivity contribution < 1.29 is 4.79 Å². The van der Waals surface area contributed by atoms with Gasteiger partial charge in [-0.1, -0.05) is 35.2 Å². The van der Waals surface area contributed by atoms with E-state index in [1.807, 2.05) is 6.07 Å². The number of hydrogen-bond donors (Lipinski definition) is 0. The van der Waals surface area contributed by atoms with Crippen LogP contribution in [-0.2, 0) is 4.79 Å². The second kappa shape index (κ2) is 6.49. The highest BCUT2D eigenvalue weighted by atomic mass is 35.5. The van der Waals surface area contributed by atoms with Crippen molar-refractivity contribution >= 4 is 28.5 Å². The maximum absolute atomic E-state index is 10.6. The molecule has 1 heterocycles. The highest BCUT2D eigenvalue weighted by molar-refractivity contribution is 8.13. The first-order valence-electron chi connectivity index (χ1n) is 4.42. The minimum absolute atomic E-state index is 0.130. The van der Waals surface area contributed by atoms with Crippen molar-refractivity contribution in [3.05, 3.63) is 29.0 Å². The molecular formula is C11H10ClNOS. The first-order chi connectivity index (χ1) is 7.18. The van der Waals surface area contributed by atoms with E-state index in [2.05, 4.69) is 16.8 Å². The van der Waals surface area contributed by atoms with E-state index in [0.717, 1.165) is 11.3 Å². The van der Waals surface area contributed by atoms with Gasteiger partial charge in [0, 0.05) is 30.9 Å². The van der Waals surface area contributed by atoms with Gasteiger partial charge in [0.05, 0.1) is 0 Å². The van der Waals surface area contributed by atoms with Gasteiger partial charge in [-0.2, -0.15) is 0 Å². The predicted molar refractivity (Wildman–Crippen MR) is 63.9 cm³/mol. The van der Waals surface area contributed by atoms with Gasteiger partial charge in [0.25, 0.3) is 0 Å². The lowest BCUT2D eigenvalue weighted by molar-refractivity contribution is -0.109. The van der Waals surface area contributed by atoms with E-state index in [0.29, 0.717) is 11.6 Å². The van der Waals surface area contributed by atoms with Gasteiger partial charge in [0.1, 0.15) is 5.15 Å². The maximum atomic E-state index is 10.6. The minimum atomic E-state index is 0.130. The molecule has 0 spiro atoms. The van der Waals surface area contributed by atoms with Gasteiger partial charge >= 0.3 is 0 Å². The van der Waals surface area contributed by atoms with E-state index in [4.69, 9.17) is 11.6 Å². The summed E-state index contributed by atoms with van der Waals surface area (Å²) < 4.78 is 0. The number of carbonyl (C=O) groups excluding carboxylic acids is 1. The third-order valence-corrected chi connectivity index (χ3v) is 2.53. The fourth-order valence-electron chi connectivity index (χ4n) is 0.860. The Morgan fingerprint density at radius 1 is 1.60 bits per heavy atom. The molecule has 2 nitrogen and oxygen atoms in total. The summed E-state index contributed by atoms with van der Waals surface area (Å²) in [7, 11) is 0. The van der Waals surface area contributed by atoms with Crippen LogP contribution in [0.5, 0.6) is 0 Å². The van der Waals surface area contributed by atoms with Crippen molar-refractivity contribution in [3.63, 3.8) is 0 Å². The molecule has 0 fully saturated rings. The molecule has 0 saturated heterocycles. The van der Waals surface area contributed by atoms with Crippen molar-refractivity contribution in [1.82, 2.24) is 4.98 Å². The summed E-state index contributed by atoms with van der Waals surface area (Å²) in [4.78, 5) is 14.5. The van der Waals surface area contributed by atoms with E-state index in [-0.39, 0.29) is 5.12 Å². The molecule has 0 radical (unpaired) electrons. The lowest BCUT2D eigenvalue weighted by atomic mass is 10.3. The van der Waals surface area contributed by atoms with Gasteiger partial charge in [0.2, 0.25) is 0 Å². The summed E-state index contributed by atoms with van der Waals surface area (Å²) in [6, 6.07) is 3.52. The molecule has 0 atom stereocenters. The Labute approximate surface area is 98.4 Å².